The molecule has 0 saturated carbocycles. The van der Waals surface area contributed by atoms with Crippen LogP contribution in [0.2, 0.25) is 0 Å². The maximum Gasteiger partial charge on any atom is 0.191 e. The van der Waals surface area contributed by atoms with E-state index in [1.54, 1.807) is 25.3 Å². The zero-order chi connectivity index (χ0) is 14.3. The number of aliphatic imine (C=N–C) groups is 1. The summed E-state index contributed by atoms with van der Waals surface area (Å²) in [5.74, 6) is 1.24. The van der Waals surface area contributed by atoms with E-state index < -0.39 is 5.60 Å². The summed E-state index contributed by atoms with van der Waals surface area (Å²) in [5.41, 5.74) is -1.10. The van der Waals surface area contributed by atoms with Crippen LogP contribution in [0.4, 0.5) is 0 Å². The molecule has 3 N–H and O–H groups in total. The van der Waals surface area contributed by atoms with Gasteiger partial charge in [-0.15, -0.1) is 24.0 Å². The zero-order valence-electron chi connectivity index (χ0n) is 12.6. The molecular formula is C14H26IN3O2. The van der Waals surface area contributed by atoms with Gasteiger partial charge in [0, 0.05) is 12.6 Å². The first-order valence-electron chi connectivity index (χ1n) is 6.80. The predicted octanol–water partition coefficient (Wildman–Crippen LogP) is 2.46. The molecule has 0 saturated heterocycles. The minimum Gasteiger partial charge on any atom is -0.466 e. The molecular weight excluding hydrogens is 369 g/mol. The number of nitrogens with zero attached hydrogens (tertiary/aromatic N) is 1. The first-order chi connectivity index (χ1) is 8.99. The lowest BCUT2D eigenvalue weighted by Gasteiger charge is -2.21. The third-order valence-corrected chi connectivity index (χ3v) is 2.94. The fraction of sp³-hybridized carbons (Fsp3) is 0.643. The van der Waals surface area contributed by atoms with Gasteiger partial charge >= 0.3 is 0 Å². The SMILES string of the molecule is CCNC(=NCC(C)(O)c1ccco1)NC(C)CC.I. The predicted molar refractivity (Wildman–Crippen MR) is 92.6 cm³/mol. The molecule has 2 unspecified atom stereocenters. The summed E-state index contributed by atoms with van der Waals surface area (Å²) in [7, 11) is 0. The van der Waals surface area contributed by atoms with E-state index >= 15 is 0 Å². The Labute approximate surface area is 138 Å². The zero-order valence-corrected chi connectivity index (χ0v) is 15.0. The molecule has 0 fully saturated rings. The van der Waals surface area contributed by atoms with Crippen molar-refractivity contribution in [3.63, 3.8) is 0 Å². The first-order valence-corrected chi connectivity index (χ1v) is 6.80. The second-order valence-corrected chi connectivity index (χ2v) is 4.90. The number of furan rings is 1. The van der Waals surface area contributed by atoms with Crippen LogP contribution in [0.1, 0.15) is 39.9 Å². The van der Waals surface area contributed by atoms with Crippen molar-refractivity contribution >= 4 is 29.9 Å². The Morgan fingerprint density at radius 2 is 2.20 bits per heavy atom. The lowest BCUT2D eigenvalue weighted by Crippen LogP contribution is -2.42. The van der Waals surface area contributed by atoms with Crippen molar-refractivity contribution in [3.8, 4) is 0 Å². The number of guanidine groups is 1. The number of halogens is 1. The smallest absolute Gasteiger partial charge is 0.191 e. The van der Waals surface area contributed by atoms with Crippen molar-refractivity contribution in [2.75, 3.05) is 13.1 Å². The summed E-state index contributed by atoms with van der Waals surface area (Å²) in [4.78, 5) is 4.41. The van der Waals surface area contributed by atoms with Crippen molar-refractivity contribution in [2.24, 2.45) is 4.99 Å². The topological polar surface area (TPSA) is 69.8 Å². The average molecular weight is 395 g/mol. The normalized spacial score (nSPS) is 15.9. The highest BCUT2D eigenvalue weighted by Gasteiger charge is 2.26. The van der Waals surface area contributed by atoms with Gasteiger partial charge in [-0.05, 0) is 39.3 Å². The molecule has 1 rings (SSSR count). The number of aliphatic hydroxyl groups is 1. The standard InChI is InChI=1S/C14H25N3O2.HI/c1-5-11(3)17-13(15-6-2)16-10-14(4,18)12-8-7-9-19-12;/h7-9,11,18H,5-6,10H2,1-4H3,(H2,15,16,17);1H. The molecule has 0 aliphatic rings. The molecule has 6 heteroatoms. The molecule has 0 aromatic carbocycles. The Kier molecular flexibility index (Phi) is 8.88. The third-order valence-electron chi connectivity index (χ3n) is 2.94. The Morgan fingerprint density at radius 3 is 2.70 bits per heavy atom. The van der Waals surface area contributed by atoms with E-state index in [1.165, 1.54) is 0 Å². The fourth-order valence-electron chi connectivity index (χ4n) is 1.55. The van der Waals surface area contributed by atoms with Crippen molar-refractivity contribution < 1.29 is 9.52 Å². The highest BCUT2D eigenvalue weighted by molar-refractivity contribution is 14.0. The van der Waals surface area contributed by atoms with Gasteiger partial charge in [-0.3, -0.25) is 0 Å². The third kappa shape index (κ3) is 6.13. The second-order valence-electron chi connectivity index (χ2n) is 4.90. The van der Waals surface area contributed by atoms with E-state index in [4.69, 9.17) is 4.42 Å². The van der Waals surface area contributed by atoms with Gasteiger partial charge in [-0.2, -0.15) is 0 Å². The second kappa shape index (κ2) is 9.23. The number of hydrogen-bond acceptors (Lipinski definition) is 3. The number of hydrogen-bond donors (Lipinski definition) is 3. The minimum absolute atomic E-state index is 0. The van der Waals surface area contributed by atoms with Crippen LogP contribution in [-0.4, -0.2) is 30.2 Å². The van der Waals surface area contributed by atoms with E-state index in [-0.39, 0.29) is 30.5 Å². The maximum absolute atomic E-state index is 10.3. The number of nitrogens with one attached hydrogen (secondary N) is 2. The van der Waals surface area contributed by atoms with E-state index in [0.29, 0.717) is 17.8 Å². The Hall–Kier alpha value is -0.760. The highest BCUT2D eigenvalue weighted by atomic mass is 127. The molecule has 1 heterocycles. The summed E-state index contributed by atoms with van der Waals surface area (Å²) < 4.78 is 5.23. The highest BCUT2D eigenvalue weighted by Crippen LogP contribution is 2.20. The first kappa shape index (κ1) is 19.2. The molecule has 0 aliphatic heterocycles. The van der Waals surface area contributed by atoms with Crippen LogP contribution in [-0.2, 0) is 5.60 Å². The lowest BCUT2D eigenvalue weighted by atomic mass is 10.0. The summed E-state index contributed by atoms with van der Waals surface area (Å²) in [5, 5.41) is 16.8. The van der Waals surface area contributed by atoms with Crippen LogP contribution in [0, 0.1) is 0 Å². The monoisotopic (exact) mass is 395 g/mol. The Bertz CT molecular complexity index is 391. The number of rotatable bonds is 6. The summed E-state index contributed by atoms with van der Waals surface area (Å²) in [6, 6.07) is 3.85. The Morgan fingerprint density at radius 1 is 1.50 bits per heavy atom. The van der Waals surface area contributed by atoms with Gasteiger partial charge in [0.05, 0.1) is 12.8 Å². The molecule has 0 radical (unpaired) electrons. The van der Waals surface area contributed by atoms with Gasteiger partial charge in [-0.1, -0.05) is 6.92 Å². The van der Waals surface area contributed by atoms with E-state index in [1.807, 2.05) is 6.92 Å². The van der Waals surface area contributed by atoms with Crippen molar-refractivity contribution in [3.05, 3.63) is 24.2 Å². The van der Waals surface area contributed by atoms with Gasteiger partial charge in [0.2, 0.25) is 0 Å². The van der Waals surface area contributed by atoms with Crippen molar-refractivity contribution in [2.45, 2.75) is 45.8 Å². The van der Waals surface area contributed by atoms with Gasteiger partial charge in [0.1, 0.15) is 11.4 Å². The van der Waals surface area contributed by atoms with Crippen LogP contribution >= 0.6 is 24.0 Å². The van der Waals surface area contributed by atoms with Crippen LogP contribution in [0.25, 0.3) is 0 Å². The van der Waals surface area contributed by atoms with E-state index in [2.05, 4.69) is 29.5 Å². The molecule has 1 aromatic heterocycles. The molecule has 116 valence electrons. The average Bonchev–Trinajstić information content (AvgIpc) is 2.90. The van der Waals surface area contributed by atoms with Crippen LogP contribution in [0.3, 0.4) is 0 Å². The molecule has 20 heavy (non-hydrogen) atoms. The molecule has 1 aromatic rings. The molecule has 0 aliphatic carbocycles. The van der Waals surface area contributed by atoms with Gasteiger partial charge in [0.15, 0.2) is 5.96 Å². The van der Waals surface area contributed by atoms with Crippen molar-refractivity contribution in [1.29, 1.82) is 0 Å². The van der Waals surface area contributed by atoms with Gasteiger partial charge < -0.3 is 20.2 Å². The van der Waals surface area contributed by atoms with Crippen molar-refractivity contribution in [1.82, 2.24) is 10.6 Å². The van der Waals surface area contributed by atoms with Gasteiger partial charge in [0.25, 0.3) is 0 Å². The quantitative estimate of drug-likeness (QED) is 0.393. The molecule has 0 bridgehead atoms. The molecule has 5 nitrogen and oxygen atoms in total. The minimum atomic E-state index is -1.10. The molecule has 0 amide bonds. The van der Waals surface area contributed by atoms with Gasteiger partial charge in [-0.25, -0.2) is 4.99 Å². The van der Waals surface area contributed by atoms with Crippen LogP contribution in [0.15, 0.2) is 27.8 Å². The maximum atomic E-state index is 10.3. The van der Waals surface area contributed by atoms with E-state index in [0.717, 1.165) is 13.0 Å². The lowest BCUT2D eigenvalue weighted by molar-refractivity contribution is 0.0437. The molecule has 2 atom stereocenters. The van der Waals surface area contributed by atoms with Crippen LogP contribution < -0.4 is 10.6 Å². The Balaban J connectivity index is 0.00000361. The molecule has 0 spiro atoms. The summed E-state index contributed by atoms with van der Waals surface area (Å²) >= 11 is 0. The summed E-state index contributed by atoms with van der Waals surface area (Å²) in [6.45, 7) is 8.94. The van der Waals surface area contributed by atoms with Crippen LogP contribution in [0.5, 0.6) is 0 Å². The summed E-state index contributed by atoms with van der Waals surface area (Å²) in [6.07, 6.45) is 2.56. The van der Waals surface area contributed by atoms with E-state index in [9.17, 15) is 5.11 Å². The fourth-order valence-corrected chi connectivity index (χ4v) is 1.55. The largest absolute Gasteiger partial charge is 0.466 e.